The molecule has 0 aliphatic heterocycles. The summed E-state index contributed by atoms with van der Waals surface area (Å²) in [4.78, 5) is 28.2. The first-order chi connectivity index (χ1) is 13.0. The van der Waals surface area contributed by atoms with Gasteiger partial charge in [-0.2, -0.15) is 0 Å². The van der Waals surface area contributed by atoms with Crippen LogP contribution in [0.4, 0.5) is 11.5 Å². The topological polar surface area (TPSA) is 71.1 Å². The van der Waals surface area contributed by atoms with Crippen molar-refractivity contribution in [2.45, 2.75) is 20.4 Å². The Morgan fingerprint density at radius 1 is 0.963 bits per heavy atom. The molecule has 3 rings (SSSR count). The number of aryl methyl sites for hydroxylation is 1. The molecule has 5 heteroatoms. The number of hydrogen-bond acceptors (Lipinski definition) is 4. The van der Waals surface area contributed by atoms with Gasteiger partial charge in [-0.1, -0.05) is 36.4 Å². The van der Waals surface area contributed by atoms with Gasteiger partial charge in [-0.15, -0.1) is 0 Å². The molecule has 0 radical (unpaired) electrons. The Bertz CT molecular complexity index is 983. The van der Waals surface area contributed by atoms with Crippen molar-refractivity contribution >= 4 is 23.2 Å². The number of carbonyl (C=O) groups is 2. The molecule has 1 heterocycles. The predicted octanol–water partition coefficient (Wildman–Crippen LogP) is 4.27. The molecule has 3 aromatic rings. The second-order valence-electron chi connectivity index (χ2n) is 6.30. The summed E-state index contributed by atoms with van der Waals surface area (Å²) in [6.45, 7) is 4.01. The monoisotopic (exact) mass is 359 g/mol. The molecule has 0 saturated heterocycles. The molecule has 0 spiro atoms. The number of pyridine rings is 1. The van der Waals surface area contributed by atoms with E-state index in [1.54, 1.807) is 36.5 Å². The van der Waals surface area contributed by atoms with E-state index < -0.39 is 0 Å². The van der Waals surface area contributed by atoms with Gasteiger partial charge in [-0.05, 0) is 49.2 Å². The summed E-state index contributed by atoms with van der Waals surface area (Å²) in [6.07, 6.45) is 1.58. The first kappa shape index (κ1) is 18.3. The Labute approximate surface area is 158 Å². The third-order valence-corrected chi connectivity index (χ3v) is 4.26. The number of anilines is 2. The smallest absolute Gasteiger partial charge is 0.251 e. The van der Waals surface area contributed by atoms with E-state index >= 15 is 0 Å². The van der Waals surface area contributed by atoms with Crippen molar-refractivity contribution in [3.05, 3.63) is 89.1 Å². The van der Waals surface area contributed by atoms with E-state index in [0.29, 0.717) is 23.5 Å². The van der Waals surface area contributed by atoms with E-state index in [1.807, 2.05) is 37.3 Å². The van der Waals surface area contributed by atoms with Gasteiger partial charge in [0, 0.05) is 29.6 Å². The molecule has 0 saturated carbocycles. The fraction of sp³-hybridized carbons (Fsp3) is 0.136. The minimum atomic E-state index is -0.166. The van der Waals surface area contributed by atoms with E-state index in [4.69, 9.17) is 0 Å². The van der Waals surface area contributed by atoms with Gasteiger partial charge in [-0.25, -0.2) is 4.98 Å². The molecular formula is C22H21N3O2. The van der Waals surface area contributed by atoms with Gasteiger partial charge in [-0.3, -0.25) is 9.59 Å². The fourth-order valence-corrected chi connectivity index (χ4v) is 2.69. The van der Waals surface area contributed by atoms with Crippen LogP contribution in [0.1, 0.15) is 38.8 Å². The zero-order valence-electron chi connectivity index (χ0n) is 15.3. The summed E-state index contributed by atoms with van der Waals surface area (Å²) >= 11 is 0. The van der Waals surface area contributed by atoms with Crippen LogP contribution in [-0.2, 0) is 6.54 Å². The van der Waals surface area contributed by atoms with Crippen LogP contribution in [-0.4, -0.2) is 16.7 Å². The number of ketones is 1. The predicted molar refractivity (Wildman–Crippen MR) is 106 cm³/mol. The molecule has 0 aliphatic carbocycles. The van der Waals surface area contributed by atoms with Crippen molar-refractivity contribution in [2.75, 3.05) is 5.32 Å². The summed E-state index contributed by atoms with van der Waals surface area (Å²) in [5.74, 6) is 0.372. The lowest BCUT2D eigenvalue weighted by molar-refractivity contribution is 0.0950. The minimum Gasteiger partial charge on any atom is -0.348 e. The van der Waals surface area contributed by atoms with Gasteiger partial charge in [0.05, 0.1) is 0 Å². The van der Waals surface area contributed by atoms with Crippen LogP contribution in [0.25, 0.3) is 0 Å². The Morgan fingerprint density at radius 2 is 1.78 bits per heavy atom. The highest BCUT2D eigenvalue weighted by Gasteiger charge is 2.08. The Kier molecular flexibility index (Phi) is 5.61. The second-order valence-corrected chi connectivity index (χ2v) is 6.30. The largest absolute Gasteiger partial charge is 0.348 e. The van der Waals surface area contributed by atoms with Crippen LogP contribution in [0.2, 0.25) is 0 Å². The van der Waals surface area contributed by atoms with Crippen molar-refractivity contribution in [1.82, 2.24) is 10.3 Å². The first-order valence-corrected chi connectivity index (χ1v) is 8.70. The van der Waals surface area contributed by atoms with Crippen molar-refractivity contribution < 1.29 is 9.59 Å². The second kappa shape index (κ2) is 8.27. The van der Waals surface area contributed by atoms with E-state index in [0.717, 1.165) is 16.8 Å². The standard InChI is InChI=1S/C22H21N3O2/c1-15-6-3-4-7-19(15)14-24-22(27)18-10-11-23-21(13-18)25-20-9-5-8-17(12-20)16(2)26/h3-13H,14H2,1-2H3,(H,23,25)(H,24,27). The third-order valence-electron chi connectivity index (χ3n) is 4.26. The molecule has 0 atom stereocenters. The van der Waals surface area contributed by atoms with Crippen LogP contribution in [0.3, 0.4) is 0 Å². The number of amides is 1. The van der Waals surface area contributed by atoms with Crippen molar-refractivity contribution in [2.24, 2.45) is 0 Å². The Morgan fingerprint density at radius 3 is 2.56 bits per heavy atom. The molecule has 1 aromatic heterocycles. The molecular weight excluding hydrogens is 338 g/mol. The average molecular weight is 359 g/mol. The summed E-state index contributed by atoms with van der Waals surface area (Å²) in [7, 11) is 0. The Hall–Kier alpha value is -3.47. The SMILES string of the molecule is CC(=O)c1cccc(Nc2cc(C(=O)NCc3ccccc3C)ccn2)c1. The maximum absolute atomic E-state index is 12.5. The summed E-state index contributed by atoms with van der Waals surface area (Å²) in [5, 5.41) is 6.07. The maximum atomic E-state index is 12.5. The molecule has 1 amide bonds. The van der Waals surface area contributed by atoms with Gasteiger partial charge >= 0.3 is 0 Å². The maximum Gasteiger partial charge on any atom is 0.251 e. The lowest BCUT2D eigenvalue weighted by Crippen LogP contribution is -2.23. The molecule has 0 bridgehead atoms. The lowest BCUT2D eigenvalue weighted by atomic mass is 10.1. The zero-order chi connectivity index (χ0) is 19.2. The molecule has 5 nitrogen and oxygen atoms in total. The first-order valence-electron chi connectivity index (χ1n) is 8.70. The fourth-order valence-electron chi connectivity index (χ4n) is 2.69. The van der Waals surface area contributed by atoms with Gasteiger partial charge in [0.15, 0.2) is 5.78 Å². The van der Waals surface area contributed by atoms with Crippen molar-refractivity contribution in [3.8, 4) is 0 Å². The normalized spacial score (nSPS) is 10.3. The molecule has 0 aliphatic rings. The number of aromatic nitrogens is 1. The molecule has 0 unspecified atom stereocenters. The summed E-state index contributed by atoms with van der Waals surface area (Å²) in [6, 6.07) is 18.5. The van der Waals surface area contributed by atoms with Crippen LogP contribution in [0.15, 0.2) is 66.9 Å². The van der Waals surface area contributed by atoms with Crippen LogP contribution < -0.4 is 10.6 Å². The number of benzene rings is 2. The number of carbonyl (C=O) groups excluding carboxylic acids is 2. The number of hydrogen-bond donors (Lipinski definition) is 2. The van der Waals surface area contributed by atoms with E-state index in [9.17, 15) is 9.59 Å². The number of Topliss-reactive ketones (excluding diaryl/α,β-unsaturated/α-hetero) is 1. The molecule has 136 valence electrons. The number of rotatable bonds is 6. The van der Waals surface area contributed by atoms with E-state index in [2.05, 4.69) is 15.6 Å². The van der Waals surface area contributed by atoms with Gasteiger partial charge in [0.25, 0.3) is 5.91 Å². The highest BCUT2D eigenvalue weighted by Crippen LogP contribution is 2.17. The van der Waals surface area contributed by atoms with Gasteiger partial charge in [0.1, 0.15) is 5.82 Å². The number of nitrogens with one attached hydrogen (secondary N) is 2. The van der Waals surface area contributed by atoms with Gasteiger partial charge in [0.2, 0.25) is 0 Å². The van der Waals surface area contributed by atoms with E-state index in [1.165, 1.54) is 6.92 Å². The molecule has 2 N–H and O–H groups in total. The van der Waals surface area contributed by atoms with Crippen molar-refractivity contribution in [1.29, 1.82) is 0 Å². The minimum absolute atomic E-state index is 0.00376. The van der Waals surface area contributed by atoms with Crippen LogP contribution >= 0.6 is 0 Å². The number of nitrogens with zero attached hydrogens (tertiary/aromatic N) is 1. The van der Waals surface area contributed by atoms with Crippen molar-refractivity contribution in [3.63, 3.8) is 0 Å². The third kappa shape index (κ3) is 4.79. The van der Waals surface area contributed by atoms with Crippen LogP contribution in [0.5, 0.6) is 0 Å². The summed E-state index contributed by atoms with van der Waals surface area (Å²) < 4.78 is 0. The molecule has 0 fully saturated rings. The zero-order valence-corrected chi connectivity index (χ0v) is 15.3. The molecule has 2 aromatic carbocycles. The quantitative estimate of drug-likeness (QED) is 0.645. The summed E-state index contributed by atoms with van der Waals surface area (Å²) in [5.41, 5.74) is 4.10. The Balaban J connectivity index is 1.69. The highest BCUT2D eigenvalue weighted by atomic mass is 16.1. The van der Waals surface area contributed by atoms with Crippen LogP contribution in [0, 0.1) is 6.92 Å². The molecule has 27 heavy (non-hydrogen) atoms. The lowest BCUT2D eigenvalue weighted by Gasteiger charge is -2.10. The highest BCUT2D eigenvalue weighted by molar-refractivity contribution is 5.96. The van der Waals surface area contributed by atoms with E-state index in [-0.39, 0.29) is 11.7 Å². The van der Waals surface area contributed by atoms with Gasteiger partial charge < -0.3 is 10.6 Å². The average Bonchev–Trinajstić information content (AvgIpc) is 2.67.